The van der Waals surface area contributed by atoms with Crippen molar-refractivity contribution in [2.24, 2.45) is 0 Å². The van der Waals surface area contributed by atoms with E-state index in [0.29, 0.717) is 6.42 Å². The molecule has 0 saturated carbocycles. The number of anilines is 1. The van der Waals surface area contributed by atoms with E-state index in [4.69, 9.17) is 5.11 Å². The molecule has 0 saturated heterocycles. The van der Waals surface area contributed by atoms with Gasteiger partial charge in [-0.05, 0) is 30.9 Å². The molecule has 1 aromatic carbocycles. The fourth-order valence-corrected chi connectivity index (χ4v) is 1.93. The highest BCUT2D eigenvalue weighted by molar-refractivity contribution is 5.66. The van der Waals surface area contributed by atoms with Crippen LogP contribution in [0, 0.1) is 0 Å². The summed E-state index contributed by atoms with van der Waals surface area (Å²) in [6, 6.07) is 8.31. The maximum absolute atomic E-state index is 10.3. The molecule has 0 unspecified atom stereocenters. The molecule has 0 aliphatic carbocycles. The highest BCUT2D eigenvalue weighted by Crippen LogP contribution is 2.17. The number of nitrogens with one attached hydrogen (secondary N) is 1. The maximum Gasteiger partial charge on any atom is 0.303 e. The highest BCUT2D eigenvalue weighted by Gasteiger charge is 2.00. The van der Waals surface area contributed by atoms with Gasteiger partial charge in [0.1, 0.15) is 0 Å². The molecular weight excluding hydrogens is 214 g/mol. The summed E-state index contributed by atoms with van der Waals surface area (Å²) in [5, 5.41) is 11.7. The van der Waals surface area contributed by atoms with E-state index in [-0.39, 0.29) is 0 Å². The quantitative estimate of drug-likeness (QED) is 0.680. The summed E-state index contributed by atoms with van der Waals surface area (Å²) in [5.74, 6) is -0.689. The zero-order chi connectivity index (χ0) is 12.5. The number of carboxylic acids is 1. The van der Waals surface area contributed by atoms with Crippen LogP contribution in [0.25, 0.3) is 0 Å². The zero-order valence-electron chi connectivity index (χ0n) is 10.4. The third-order valence-corrected chi connectivity index (χ3v) is 2.87. The lowest BCUT2D eigenvalue weighted by atomic mass is 10.0. The van der Waals surface area contributed by atoms with E-state index in [9.17, 15) is 4.79 Å². The molecule has 1 rings (SSSR count). The second-order valence-corrected chi connectivity index (χ2v) is 4.22. The smallest absolute Gasteiger partial charge is 0.303 e. The number of hydrogen-bond acceptors (Lipinski definition) is 2. The van der Waals surface area contributed by atoms with Crippen LogP contribution in [0.2, 0.25) is 0 Å². The van der Waals surface area contributed by atoms with E-state index >= 15 is 0 Å². The van der Waals surface area contributed by atoms with Crippen LogP contribution in [0.3, 0.4) is 0 Å². The molecular formula is C14H21NO2. The first-order valence-corrected chi connectivity index (χ1v) is 6.21. The Morgan fingerprint density at radius 3 is 2.59 bits per heavy atom. The van der Waals surface area contributed by atoms with Gasteiger partial charge in [0, 0.05) is 19.2 Å². The Labute approximate surface area is 103 Å². The van der Waals surface area contributed by atoms with E-state index in [1.165, 1.54) is 11.3 Å². The number of aryl methyl sites for hydroxylation is 1. The molecule has 2 N–H and O–H groups in total. The normalized spacial score (nSPS) is 10.2. The Bertz CT molecular complexity index is 350. The number of benzene rings is 1. The number of para-hydroxylation sites is 1. The molecule has 17 heavy (non-hydrogen) atoms. The third kappa shape index (κ3) is 5.38. The predicted molar refractivity (Wildman–Crippen MR) is 70.4 cm³/mol. The van der Waals surface area contributed by atoms with E-state index in [0.717, 1.165) is 32.1 Å². The van der Waals surface area contributed by atoms with Crippen molar-refractivity contribution in [3.8, 4) is 0 Å². The van der Waals surface area contributed by atoms with Gasteiger partial charge in [-0.15, -0.1) is 0 Å². The minimum absolute atomic E-state index is 0.299. The predicted octanol–water partition coefficient (Wildman–Crippen LogP) is 3.31. The summed E-state index contributed by atoms with van der Waals surface area (Å²) in [7, 11) is 1.94. The third-order valence-electron chi connectivity index (χ3n) is 2.87. The second-order valence-electron chi connectivity index (χ2n) is 4.22. The SMILES string of the molecule is CNc1ccccc1CCCCCCC(=O)O. The van der Waals surface area contributed by atoms with E-state index in [1.807, 2.05) is 13.1 Å². The van der Waals surface area contributed by atoms with Crippen molar-refractivity contribution in [3.63, 3.8) is 0 Å². The van der Waals surface area contributed by atoms with Crippen LogP contribution in [0.5, 0.6) is 0 Å². The molecule has 0 atom stereocenters. The highest BCUT2D eigenvalue weighted by atomic mass is 16.4. The first-order chi connectivity index (χ1) is 8.24. The number of aliphatic carboxylic acids is 1. The van der Waals surface area contributed by atoms with Crippen LogP contribution >= 0.6 is 0 Å². The summed E-state index contributed by atoms with van der Waals surface area (Å²) in [4.78, 5) is 10.3. The van der Waals surface area contributed by atoms with Crippen LogP contribution in [-0.2, 0) is 11.2 Å². The average Bonchev–Trinajstić information content (AvgIpc) is 2.33. The fourth-order valence-electron chi connectivity index (χ4n) is 1.93. The van der Waals surface area contributed by atoms with Crippen molar-refractivity contribution in [1.82, 2.24) is 0 Å². The molecule has 94 valence electrons. The van der Waals surface area contributed by atoms with Crippen molar-refractivity contribution in [2.75, 3.05) is 12.4 Å². The van der Waals surface area contributed by atoms with Gasteiger partial charge in [0.05, 0.1) is 0 Å². The summed E-state index contributed by atoms with van der Waals surface area (Å²) in [5.41, 5.74) is 2.53. The minimum Gasteiger partial charge on any atom is -0.481 e. The lowest BCUT2D eigenvalue weighted by Gasteiger charge is -2.08. The maximum atomic E-state index is 10.3. The van der Waals surface area contributed by atoms with Crippen molar-refractivity contribution < 1.29 is 9.90 Å². The molecule has 0 aromatic heterocycles. The number of hydrogen-bond donors (Lipinski definition) is 2. The van der Waals surface area contributed by atoms with Crippen molar-refractivity contribution in [3.05, 3.63) is 29.8 Å². The number of unbranched alkanes of at least 4 members (excludes halogenated alkanes) is 3. The first kappa shape index (κ1) is 13.6. The van der Waals surface area contributed by atoms with Crippen LogP contribution in [0.1, 0.15) is 37.7 Å². The van der Waals surface area contributed by atoms with Crippen LogP contribution in [0.15, 0.2) is 24.3 Å². The monoisotopic (exact) mass is 235 g/mol. The molecule has 3 heteroatoms. The lowest BCUT2D eigenvalue weighted by molar-refractivity contribution is -0.137. The Morgan fingerprint density at radius 1 is 1.18 bits per heavy atom. The number of carbonyl (C=O) groups is 1. The molecule has 0 heterocycles. The number of carboxylic acid groups (broad SMARTS) is 1. The molecule has 0 fully saturated rings. The van der Waals surface area contributed by atoms with Gasteiger partial charge in [0.15, 0.2) is 0 Å². The Morgan fingerprint density at radius 2 is 1.88 bits per heavy atom. The summed E-state index contributed by atoms with van der Waals surface area (Å²) in [6.07, 6.45) is 5.39. The summed E-state index contributed by atoms with van der Waals surface area (Å²) in [6.45, 7) is 0. The van der Waals surface area contributed by atoms with Crippen molar-refractivity contribution in [1.29, 1.82) is 0 Å². The zero-order valence-corrected chi connectivity index (χ0v) is 10.4. The molecule has 0 amide bonds. The van der Waals surface area contributed by atoms with E-state index in [2.05, 4.69) is 23.5 Å². The van der Waals surface area contributed by atoms with Gasteiger partial charge in [-0.1, -0.05) is 31.0 Å². The molecule has 0 aliphatic heterocycles. The fraction of sp³-hybridized carbons (Fsp3) is 0.500. The van der Waals surface area contributed by atoms with Crippen LogP contribution in [-0.4, -0.2) is 18.1 Å². The molecule has 0 bridgehead atoms. The second kappa shape index (κ2) is 7.71. The Balaban J connectivity index is 2.19. The standard InChI is InChI=1S/C14H21NO2/c1-15-13-10-7-6-9-12(13)8-4-2-3-5-11-14(16)17/h6-7,9-10,15H,2-5,8,11H2,1H3,(H,16,17). The van der Waals surface area contributed by atoms with E-state index in [1.54, 1.807) is 0 Å². The minimum atomic E-state index is -0.689. The average molecular weight is 235 g/mol. The first-order valence-electron chi connectivity index (χ1n) is 6.21. The molecule has 0 spiro atoms. The van der Waals surface area contributed by atoms with Gasteiger partial charge in [0.25, 0.3) is 0 Å². The Hall–Kier alpha value is -1.51. The number of rotatable bonds is 8. The van der Waals surface area contributed by atoms with Gasteiger partial charge < -0.3 is 10.4 Å². The largest absolute Gasteiger partial charge is 0.481 e. The molecule has 0 aliphatic rings. The summed E-state index contributed by atoms with van der Waals surface area (Å²) < 4.78 is 0. The van der Waals surface area contributed by atoms with Crippen LogP contribution in [0.4, 0.5) is 5.69 Å². The van der Waals surface area contributed by atoms with Gasteiger partial charge in [-0.25, -0.2) is 0 Å². The lowest BCUT2D eigenvalue weighted by Crippen LogP contribution is -1.96. The summed E-state index contributed by atoms with van der Waals surface area (Å²) >= 11 is 0. The topological polar surface area (TPSA) is 49.3 Å². The molecule has 0 radical (unpaired) electrons. The molecule has 1 aromatic rings. The van der Waals surface area contributed by atoms with Gasteiger partial charge in [-0.2, -0.15) is 0 Å². The van der Waals surface area contributed by atoms with Gasteiger partial charge in [0.2, 0.25) is 0 Å². The molecule has 3 nitrogen and oxygen atoms in total. The van der Waals surface area contributed by atoms with Crippen molar-refractivity contribution >= 4 is 11.7 Å². The Kier molecular flexibility index (Phi) is 6.15. The van der Waals surface area contributed by atoms with Gasteiger partial charge >= 0.3 is 5.97 Å². The van der Waals surface area contributed by atoms with Gasteiger partial charge in [-0.3, -0.25) is 4.79 Å². The van der Waals surface area contributed by atoms with E-state index < -0.39 is 5.97 Å². The van der Waals surface area contributed by atoms with Crippen LogP contribution < -0.4 is 5.32 Å². The van der Waals surface area contributed by atoms with Crippen molar-refractivity contribution in [2.45, 2.75) is 38.5 Å².